The van der Waals surface area contributed by atoms with E-state index < -0.39 is 11.5 Å². The van der Waals surface area contributed by atoms with E-state index >= 15 is 0 Å². The van der Waals surface area contributed by atoms with Crippen LogP contribution in [-0.4, -0.2) is 27.7 Å². The van der Waals surface area contributed by atoms with E-state index in [-0.39, 0.29) is 6.54 Å². The van der Waals surface area contributed by atoms with Gasteiger partial charge in [0.15, 0.2) is 11.4 Å². The van der Waals surface area contributed by atoms with Gasteiger partial charge in [0.05, 0.1) is 0 Å². The first kappa shape index (κ1) is 16.9. The van der Waals surface area contributed by atoms with E-state index in [4.69, 9.17) is 4.52 Å². The van der Waals surface area contributed by atoms with Crippen molar-refractivity contribution in [2.24, 2.45) is 0 Å². The van der Waals surface area contributed by atoms with Crippen LogP contribution in [0.2, 0.25) is 0 Å². The molecule has 1 aromatic heterocycles. The first-order valence-electron chi connectivity index (χ1n) is 8.01. The van der Waals surface area contributed by atoms with Crippen LogP contribution in [-0.2, 0) is 16.8 Å². The number of benzene rings is 2. The van der Waals surface area contributed by atoms with Crippen molar-refractivity contribution in [3.63, 3.8) is 0 Å². The Morgan fingerprint density at radius 2 is 1.64 bits per heavy atom. The van der Waals surface area contributed by atoms with Crippen molar-refractivity contribution < 1.29 is 14.4 Å². The van der Waals surface area contributed by atoms with Gasteiger partial charge in [0.2, 0.25) is 5.89 Å². The van der Waals surface area contributed by atoms with Crippen LogP contribution in [0.4, 0.5) is 0 Å². The molecule has 0 aliphatic carbocycles. The summed E-state index contributed by atoms with van der Waals surface area (Å²) >= 11 is 0. The molecular formula is C19H19N3O3. The molecule has 6 heteroatoms. The SMILES string of the molecule is Cc1noc(CCNC(=O)C(O)(c2ccccc2)c2ccccc2)n1. The van der Waals surface area contributed by atoms with Gasteiger partial charge in [-0.05, 0) is 18.1 Å². The van der Waals surface area contributed by atoms with Crippen LogP contribution >= 0.6 is 0 Å². The van der Waals surface area contributed by atoms with Crippen molar-refractivity contribution in [1.29, 1.82) is 0 Å². The van der Waals surface area contributed by atoms with Gasteiger partial charge in [-0.1, -0.05) is 65.8 Å². The van der Waals surface area contributed by atoms with Gasteiger partial charge in [-0.3, -0.25) is 4.79 Å². The van der Waals surface area contributed by atoms with Gasteiger partial charge in [0.25, 0.3) is 5.91 Å². The Morgan fingerprint density at radius 1 is 1.08 bits per heavy atom. The number of aliphatic hydroxyl groups is 1. The lowest BCUT2D eigenvalue weighted by atomic mass is 9.85. The molecule has 25 heavy (non-hydrogen) atoms. The Kier molecular flexibility index (Phi) is 4.90. The summed E-state index contributed by atoms with van der Waals surface area (Å²) in [4.78, 5) is 16.9. The van der Waals surface area contributed by atoms with E-state index in [1.54, 1.807) is 55.5 Å². The van der Waals surface area contributed by atoms with Crippen molar-refractivity contribution >= 4 is 5.91 Å². The van der Waals surface area contributed by atoms with E-state index in [1.165, 1.54) is 0 Å². The van der Waals surface area contributed by atoms with Gasteiger partial charge in [-0.2, -0.15) is 4.98 Å². The van der Waals surface area contributed by atoms with Crippen LogP contribution in [0.25, 0.3) is 0 Å². The highest BCUT2D eigenvalue weighted by atomic mass is 16.5. The fourth-order valence-electron chi connectivity index (χ4n) is 2.64. The molecule has 0 aliphatic heterocycles. The Labute approximate surface area is 145 Å². The second-order valence-electron chi connectivity index (χ2n) is 5.68. The minimum atomic E-state index is -1.77. The third-order valence-corrected chi connectivity index (χ3v) is 3.91. The highest BCUT2D eigenvalue weighted by molar-refractivity contribution is 5.90. The molecule has 0 bridgehead atoms. The first-order valence-corrected chi connectivity index (χ1v) is 8.01. The van der Waals surface area contributed by atoms with Crippen molar-refractivity contribution in [3.05, 3.63) is 83.5 Å². The minimum Gasteiger partial charge on any atom is -0.372 e. The van der Waals surface area contributed by atoms with E-state index in [0.717, 1.165) is 0 Å². The maximum absolute atomic E-state index is 12.8. The lowest BCUT2D eigenvalue weighted by molar-refractivity contribution is -0.136. The maximum atomic E-state index is 12.8. The molecule has 0 spiro atoms. The van der Waals surface area contributed by atoms with Crippen LogP contribution in [0.15, 0.2) is 65.2 Å². The number of hydrogen-bond donors (Lipinski definition) is 2. The normalized spacial score (nSPS) is 11.3. The Balaban J connectivity index is 1.81. The number of carbonyl (C=O) groups is 1. The van der Waals surface area contributed by atoms with Crippen molar-refractivity contribution in [2.75, 3.05) is 6.54 Å². The second-order valence-corrected chi connectivity index (χ2v) is 5.68. The average Bonchev–Trinajstić information content (AvgIpc) is 3.07. The van der Waals surface area contributed by atoms with Crippen molar-refractivity contribution in [2.45, 2.75) is 18.9 Å². The largest absolute Gasteiger partial charge is 0.372 e. The predicted octanol–water partition coefficient (Wildman–Crippen LogP) is 1.97. The van der Waals surface area contributed by atoms with Crippen LogP contribution in [0.3, 0.4) is 0 Å². The van der Waals surface area contributed by atoms with Crippen molar-refractivity contribution in [3.8, 4) is 0 Å². The molecule has 3 rings (SSSR count). The van der Waals surface area contributed by atoms with Crippen molar-refractivity contribution in [1.82, 2.24) is 15.5 Å². The summed E-state index contributed by atoms with van der Waals surface area (Å²) in [7, 11) is 0. The predicted molar refractivity (Wildman–Crippen MR) is 91.6 cm³/mol. The number of amides is 1. The van der Waals surface area contributed by atoms with Gasteiger partial charge in [0.1, 0.15) is 0 Å². The van der Waals surface area contributed by atoms with E-state index in [0.29, 0.717) is 29.3 Å². The molecule has 3 aromatic rings. The zero-order valence-corrected chi connectivity index (χ0v) is 13.8. The Bertz CT molecular complexity index is 792. The molecule has 2 N–H and O–H groups in total. The summed E-state index contributed by atoms with van der Waals surface area (Å²) in [5.41, 5.74) is -0.757. The standard InChI is InChI=1S/C19H19N3O3/c1-14-21-17(25-22-14)12-13-20-18(23)19(24,15-8-4-2-5-9-15)16-10-6-3-7-11-16/h2-11,24H,12-13H2,1H3,(H,20,23). The average molecular weight is 337 g/mol. The number of aromatic nitrogens is 2. The molecule has 0 radical (unpaired) electrons. The van der Waals surface area contributed by atoms with Gasteiger partial charge in [-0.25, -0.2) is 0 Å². The number of hydrogen-bond acceptors (Lipinski definition) is 5. The number of nitrogens with zero attached hydrogens (tertiary/aromatic N) is 2. The van der Waals surface area contributed by atoms with Crippen LogP contribution < -0.4 is 5.32 Å². The van der Waals surface area contributed by atoms with Crippen LogP contribution in [0.1, 0.15) is 22.8 Å². The highest BCUT2D eigenvalue weighted by Gasteiger charge is 2.39. The lowest BCUT2D eigenvalue weighted by Crippen LogP contribution is -2.46. The fourth-order valence-corrected chi connectivity index (χ4v) is 2.64. The van der Waals surface area contributed by atoms with Gasteiger partial charge in [0, 0.05) is 13.0 Å². The summed E-state index contributed by atoms with van der Waals surface area (Å²) in [5, 5.41) is 17.7. The molecule has 0 unspecified atom stereocenters. The van der Waals surface area contributed by atoms with Crippen LogP contribution in [0.5, 0.6) is 0 Å². The Morgan fingerprint density at radius 3 is 2.12 bits per heavy atom. The number of carbonyl (C=O) groups excluding carboxylic acids is 1. The summed E-state index contributed by atoms with van der Waals surface area (Å²) in [6.45, 7) is 2.01. The van der Waals surface area contributed by atoms with Gasteiger partial charge in [-0.15, -0.1) is 0 Å². The molecule has 0 aliphatic rings. The molecule has 0 atom stereocenters. The summed E-state index contributed by atoms with van der Waals surface area (Å²) in [6, 6.07) is 17.8. The number of rotatable bonds is 6. The molecule has 1 heterocycles. The monoisotopic (exact) mass is 337 g/mol. The fraction of sp³-hybridized carbons (Fsp3) is 0.211. The van der Waals surface area contributed by atoms with E-state index in [1.807, 2.05) is 12.1 Å². The summed E-state index contributed by atoms with van der Waals surface area (Å²) in [6.07, 6.45) is 0.395. The molecule has 6 nitrogen and oxygen atoms in total. The Hall–Kier alpha value is -2.99. The second kappa shape index (κ2) is 7.27. The summed E-state index contributed by atoms with van der Waals surface area (Å²) < 4.78 is 5.03. The van der Waals surface area contributed by atoms with Crippen LogP contribution in [0, 0.1) is 6.92 Å². The quantitative estimate of drug-likeness (QED) is 0.718. The van der Waals surface area contributed by atoms with Gasteiger partial charge < -0.3 is 14.9 Å². The smallest absolute Gasteiger partial charge is 0.261 e. The molecular weight excluding hydrogens is 318 g/mol. The third-order valence-electron chi connectivity index (χ3n) is 3.91. The maximum Gasteiger partial charge on any atom is 0.261 e. The molecule has 128 valence electrons. The molecule has 0 saturated heterocycles. The van der Waals surface area contributed by atoms with Gasteiger partial charge >= 0.3 is 0 Å². The van der Waals surface area contributed by atoms with E-state index in [2.05, 4.69) is 15.5 Å². The molecule has 0 saturated carbocycles. The number of nitrogens with one attached hydrogen (secondary N) is 1. The zero-order valence-electron chi connectivity index (χ0n) is 13.8. The number of aryl methyl sites for hydroxylation is 1. The zero-order chi connectivity index (χ0) is 17.7. The molecule has 2 aromatic carbocycles. The highest BCUT2D eigenvalue weighted by Crippen LogP contribution is 2.29. The minimum absolute atomic E-state index is 0.280. The first-order chi connectivity index (χ1) is 12.1. The third kappa shape index (κ3) is 3.59. The summed E-state index contributed by atoms with van der Waals surface area (Å²) in [5.74, 6) is 0.494. The lowest BCUT2D eigenvalue weighted by Gasteiger charge is -2.28. The molecule has 0 fully saturated rings. The topological polar surface area (TPSA) is 88.2 Å². The van der Waals surface area contributed by atoms with E-state index in [9.17, 15) is 9.90 Å². The molecule has 1 amide bonds.